The number of halogens is 1. The van der Waals surface area contributed by atoms with Crippen molar-refractivity contribution < 1.29 is 9.21 Å². The lowest BCUT2D eigenvalue weighted by Crippen LogP contribution is -2.47. The maximum Gasteiger partial charge on any atom is 0.277 e. The molecule has 0 aliphatic heterocycles. The Morgan fingerprint density at radius 3 is 2.78 bits per heavy atom. The van der Waals surface area contributed by atoms with Crippen LogP contribution in [0.5, 0.6) is 0 Å². The van der Waals surface area contributed by atoms with Crippen molar-refractivity contribution in [2.75, 3.05) is 5.75 Å². The van der Waals surface area contributed by atoms with Gasteiger partial charge in [-0.25, -0.2) is 0 Å². The Labute approximate surface area is 172 Å². The molecule has 2 fully saturated rings. The molecule has 2 aliphatic rings. The standard InChI is InChI=1S/C20H24BrN3O2S/c1-19(2)12-8-9-20(19,3)15(10-12)22-16(25)11-27-18-24-23-17(26-18)13-6-4-5-7-14(13)21/h4-7,12,15H,8-11H2,1-3H3,(H,22,25). The fraction of sp³-hybridized carbons (Fsp3) is 0.550. The number of aromatic nitrogens is 2. The number of nitrogens with zero attached hydrogens (tertiary/aromatic N) is 2. The summed E-state index contributed by atoms with van der Waals surface area (Å²) in [5.74, 6) is 1.49. The van der Waals surface area contributed by atoms with E-state index in [1.54, 1.807) is 0 Å². The normalized spacial score (nSPS) is 28.4. The number of nitrogens with one attached hydrogen (secondary N) is 1. The van der Waals surface area contributed by atoms with Crippen LogP contribution >= 0.6 is 27.7 Å². The second kappa shape index (κ2) is 6.92. The van der Waals surface area contributed by atoms with Crippen molar-refractivity contribution in [1.29, 1.82) is 0 Å². The third-order valence-electron chi connectivity index (χ3n) is 6.97. The van der Waals surface area contributed by atoms with Gasteiger partial charge in [-0.2, -0.15) is 0 Å². The zero-order valence-corrected chi connectivity index (χ0v) is 18.2. The van der Waals surface area contributed by atoms with Gasteiger partial charge in [0.05, 0.1) is 11.3 Å². The van der Waals surface area contributed by atoms with Crippen LogP contribution in [0, 0.1) is 16.7 Å². The Balaban J connectivity index is 1.35. The molecular formula is C20H24BrN3O2S. The monoisotopic (exact) mass is 449 g/mol. The van der Waals surface area contributed by atoms with Crippen molar-refractivity contribution in [1.82, 2.24) is 15.5 Å². The quantitative estimate of drug-likeness (QED) is 0.655. The highest BCUT2D eigenvalue weighted by Gasteiger charge is 2.61. The number of carbonyl (C=O) groups excluding carboxylic acids is 1. The predicted octanol–water partition coefficient (Wildman–Crippen LogP) is 4.92. The van der Waals surface area contributed by atoms with Gasteiger partial charge >= 0.3 is 0 Å². The van der Waals surface area contributed by atoms with Crippen LogP contribution in [-0.4, -0.2) is 27.9 Å². The van der Waals surface area contributed by atoms with E-state index in [0.29, 0.717) is 22.4 Å². The van der Waals surface area contributed by atoms with Crippen molar-refractivity contribution >= 4 is 33.6 Å². The third-order valence-corrected chi connectivity index (χ3v) is 8.48. The van der Waals surface area contributed by atoms with E-state index in [0.717, 1.165) is 16.5 Å². The van der Waals surface area contributed by atoms with Crippen LogP contribution in [0.1, 0.15) is 40.0 Å². The first-order valence-corrected chi connectivity index (χ1v) is 11.1. The average molecular weight is 450 g/mol. The molecule has 2 saturated carbocycles. The Bertz CT molecular complexity index is 868. The van der Waals surface area contributed by atoms with Crippen LogP contribution in [0.3, 0.4) is 0 Å². The molecule has 27 heavy (non-hydrogen) atoms. The van der Waals surface area contributed by atoms with E-state index in [1.165, 1.54) is 24.6 Å². The Hall–Kier alpha value is -1.34. The van der Waals surface area contributed by atoms with E-state index < -0.39 is 0 Å². The van der Waals surface area contributed by atoms with E-state index in [2.05, 4.69) is 52.2 Å². The lowest BCUT2D eigenvalue weighted by molar-refractivity contribution is -0.120. The second-order valence-electron chi connectivity index (χ2n) is 8.37. The summed E-state index contributed by atoms with van der Waals surface area (Å²) >= 11 is 4.77. The first-order chi connectivity index (χ1) is 12.8. The maximum atomic E-state index is 12.5. The summed E-state index contributed by atoms with van der Waals surface area (Å²) in [6.07, 6.45) is 3.57. The van der Waals surface area contributed by atoms with E-state index >= 15 is 0 Å². The summed E-state index contributed by atoms with van der Waals surface area (Å²) in [7, 11) is 0. The number of thioether (sulfide) groups is 1. The predicted molar refractivity (Wildman–Crippen MR) is 109 cm³/mol. The number of rotatable bonds is 5. The fourth-order valence-electron chi connectivity index (χ4n) is 4.80. The van der Waals surface area contributed by atoms with E-state index in [4.69, 9.17) is 4.42 Å². The number of benzene rings is 1. The van der Waals surface area contributed by atoms with Crippen molar-refractivity contribution in [3.63, 3.8) is 0 Å². The topological polar surface area (TPSA) is 68.0 Å². The van der Waals surface area contributed by atoms with Gasteiger partial charge in [-0.05, 0) is 64.1 Å². The van der Waals surface area contributed by atoms with Crippen LogP contribution in [0.2, 0.25) is 0 Å². The third kappa shape index (κ3) is 3.23. The van der Waals surface area contributed by atoms with E-state index in [1.807, 2.05) is 24.3 Å². The molecule has 3 atom stereocenters. The molecule has 1 heterocycles. The molecule has 4 rings (SSSR count). The van der Waals surface area contributed by atoms with Crippen LogP contribution in [0.4, 0.5) is 0 Å². The largest absolute Gasteiger partial charge is 0.411 e. The van der Waals surface area contributed by atoms with Gasteiger partial charge in [0, 0.05) is 10.5 Å². The van der Waals surface area contributed by atoms with Crippen molar-refractivity contribution in [2.45, 2.75) is 51.3 Å². The van der Waals surface area contributed by atoms with Gasteiger partial charge in [0.25, 0.3) is 5.22 Å². The first-order valence-electron chi connectivity index (χ1n) is 9.32. The molecular weight excluding hydrogens is 426 g/mol. The van der Waals surface area contributed by atoms with Crippen LogP contribution in [-0.2, 0) is 4.79 Å². The summed E-state index contributed by atoms with van der Waals surface area (Å²) in [6.45, 7) is 7.04. The minimum absolute atomic E-state index is 0.0372. The minimum atomic E-state index is 0.0372. The number of amides is 1. The lowest BCUT2D eigenvalue weighted by Gasteiger charge is -2.39. The molecule has 1 amide bonds. The highest BCUT2D eigenvalue weighted by atomic mass is 79.9. The van der Waals surface area contributed by atoms with Gasteiger partial charge in [-0.3, -0.25) is 4.79 Å². The molecule has 144 valence electrons. The van der Waals surface area contributed by atoms with Crippen molar-refractivity contribution in [2.24, 2.45) is 16.7 Å². The van der Waals surface area contributed by atoms with Gasteiger partial charge < -0.3 is 9.73 Å². The molecule has 5 nitrogen and oxygen atoms in total. The summed E-state index contributed by atoms with van der Waals surface area (Å²) in [5, 5.41) is 11.8. The maximum absolute atomic E-state index is 12.5. The van der Waals surface area contributed by atoms with Gasteiger partial charge in [-0.1, -0.05) is 44.7 Å². The molecule has 0 saturated heterocycles. The fourth-order valence-corrected chi connectivity index (χ4v) is 5.83. The zero-order valence-electron chi connectivity index (χ0n) is 15.8. The van der Waals surface area contributed by atoms with Gasteiger partial charge in [0.15, 0.2) is 0 Å². The van der Waals surface area contributed by atoms with Gasteiger partial charge in [0.2, 0.25) is 11.8 Å². The lowest BCUT2D eigenvalue weighted by atomic mass is 9.69. The Morgan fingerprint density at radius 2 is 2.11 bits per heavy atom. The number of fused-ring (bicyclic) bond motifs is 2. The molecule has 2 aromatic rings. The van der Waals surface area contributed by atoms with Crippen LogP contribution in [0.25, 0.3) is 11.5 Å². The Kier molecular flexibility index (Phi) is 4.87. The summed E-state index contributed by atoms with van der Waals surface area (Å²) in [4.78, 5) is 12.5. The molecule has 1 aromatic heterocycles. The van der Waals surface area contributed by atoms with Crippen molar-refractivity contribution in [3.05, 3.63) is 28.7 Å². The molecule has 1 aromatic carbocycles. The summed E-state index contributed by atoms with van der Waals surface area (Å²) in [6, 6.07) is 7.95. The molecule has 2 bridgehead atoms. The summed E-state index contributed by atoms with van der Waals surface area (Å²) < 4.78 is 6.60. The molecule has 2 aliphatic carbocycles. The molecule has 3 unspecified atom stereocenters. The minimum Gasteiger partial charge on any atom is -0.411 e. The number of carbonyl (C=O) groups is 1. The van der Waals surface area contributed by atoms with Crippen LogP contribution in [0.15, 0.2) is 38.4 Å². The van der Waals surface area contributed by atoms with E-state index in [-0.39, 0.29) is 23.1 Å². The SMILES string of the molecule is CC1(C)C2CCC1(C)C(NC(=O)CSc1nnc(-c3ccccc3Br)o1)C2. The Morgan fingerprint density at radius 1 is 1.33 bits per heavy atom. The number of hydrogen-bond donors (Lipinski definition) is 1. The molecule has 0 radical (unpaired) electrons. The highest BCUT2D eigenvalue weighted by molar-refractivity contribution is 9.10. The van der Waals surface area contributed by atoms with Crippen LogP contribution < -0.4 is 5.32 Å². The van der Waals surface area contributed by atoms with Gasteiger partial charge in [0.1, 0.15) is 0 Å². The average Bonchev–Trinajstić information content (AvgIpc) is 3.23. The highest BCUT2D eigenvalue weighted by Crippen LogP contribution is 2.65. The zero-order chi connectivity index (χ0) is 19.2. The first kappa shape index (κ1) is 19.0. The van der Waals surface area contributed by atoms with E-state index in [9.17, 15) is 4.79 Å². The molecule has 0 spiro atoms. The second-order valence-corrected chi connectivity index (χ2v) is 10.2. The number of hydrogen-bond acceptors (Lipinski definition) is 5. The molecule has 1 N–H and O–H groups in total. The van der Waals surface area contributed by atoms with Crippen molar-refractivity contribution in [3.8, 4) is 11.5 Å². The van der Waals surface area contributed by atoms with Gasteiger partial charge in [-0.15, -0.1) is 10.2 Å². The smallest absolute Gasteiger partial charge is 0.277 e. The summed E-state index contributed by atoms with van der Waals surface area (Å²) in [5.41, 5.74) is 1.33. The molecule has 7 heteroatoms.